The molecule has 0 radical (unpaired) electrons. The normalized spacial score (nSPS) is 17.5. The lowest BCUT2D eigenvalue weighted by Crippen LogP contribution is -2.55. The predicted molar refractivity (Wildman–Crippen MR) is 102 cm³/mol. The van der Waals surface area contributed by atoms with Gasteiger partial charge in [-0.1, -0.05) is 6.92 Å². The van der Waals surface area contributed by atoms with Crippen molar-refractivity contribution in [3.8, 4) is 0 Å². The maximum atomic E-state index is 13.7. The minimum absolute atomic E-state index is 0.146. The lowest BCUT2D eigenvalue weighted by Gasteiger charge is -2.24. The molecule has 1 aliphatic heterocycles. The lowest BCUT2D eigenvalue weighted by atomic mass is 10.2. The summed E-state index contributed by atoms with van der Waals surface area (Å²) in [5.41, 5.74) is -1.72. The highest BCUT2D eigenvalue weighted by atomic mass is 35.5. The number of hydrogen-bond acceptors (Lipinski definition) is 8. The highest BCUT2D eigenvalue weighted by Gasteiger charge is 2.24. The molecule has 0 saturated carbocycles. The Labute approximate surface area is 163 Å². The standard InChI is InChI=1S/C14H18ClFN8O4/c1-2-3-18-13-20-12(15)21-14(22-13)19-5-4-17-9-6-8(16)10(23(25)26)7-11(9)24(27)28/h6-7,14,17,19H,2-5H2,1H3,(H2,18,20,21,22). The summed E-state index contributed by atoms with van der Waals surface area (Å²) in [6.45, 7) is 2.99. The van der Waals surface area contributed by atoms with Gasteiger partial charge in [0.05, 0.1) is 15.9 Å². The van der Waals surface area contributed by atoms with E-state index in [1.54, 1.807) is 0 Å². The quantitative estimate of drug-likeness (QED) is 0.204. The first-order valence-electron chi connectivity index (χ1n) is 8.22. The molecule has 1 atom stereocenters. The number of amidine groups is 1. The molecule has 0 amide bonds. The minimum atomic E-state index is -1.17. The van der Waals surface area contributed by atoms with Crippen molar-refractivity contribution in [2.24, 2.45) is 9.98 Å². The van der Waals surface area contributed by atoms with Crippen LogP contribution in [0.1, 0.15) is 13.3 Å². The van der Waals surface area contributed by atoms with Gasteiger partial charge in [0.25, 0.3) is 5.69 Å². The van der Waals surface area contributed by atoms with Crippen LogP contribution in [0, 0.1) is 26.0 Å². The Bertz CT molecular complexity index is 819. The van der Waals surface area contributed by atoms with E-state index in [2.05, 4.69) is 31.3 Å². The van der Waals surface area contributed by atoms with Gasteiger partial charge >= 0.3 is 5.69 Å². The molecule has 0 aromatic heterocycles. The zero-order valence-electron chi connectivity index (χ0n) is 14.7. The zero-order chi connectivity index (χ0) is 20.7. The number of nitro benzene ring substituents is 2. The number of halogens is 2. The fraction of sp³-hybridized carbons (Fsp3) is 0.429. The van der Waals surface area contributed by atoms with Gasteiger partial charge in [-0.05, 0) is 18.0 Å². The molecule has 14 heteroatoms. The summed E-state index contributed by atoms with van der Waals surface area (Å²) in [7, 11) is 0. The van der Waals surface area contributed by atoms with Crippen LogP contribution in [0.5, 0.6) is 0 Å². The van der Waals surface area contributed by atoms with Crippen molar-refractivity contribution >= 4 is 39.9 Å². The summed E-state index contributed by atoms with van der Waals surface area (Å²) in [6, 6.07) is 1.31. The van der Waals surface area contributed by atoms with E-state index < -0.39 is 33.3 Å². The van der Waals surface area contributed by atoms with E-state index in [1.807, 2.05) is 6.92 Å². The smallest absolute Gasteiger partial charge is 0.311 e. The third-order valence-electron chi connectivity index (χ3n) is 3.47. The van der Waals surface area contributed by atoms with Crippen molar-refractivity contribution in [3.63, 3.8) is 0 Å². The molecular formula is C14H18ClFN8O4. The summed E-state index contributed by atoms with van der Waals surface area (Å²) in [5.74, 6) is -0.709. The van der Waals surface area contributed by atoms with Crippen molar-refractivity contribution in [3.05, 3.63) is 38.2 Å². The molecular weight excluding hydrogens is 399 g/mol. The number of benzene rings is 1. The number of hydrogen-bond donors (Lipinski definition) is 4. The van der Waals surface area contributed by atoms with Crippen molar-refractivity contribution in [1.29, 1.82) is 0 Å². The van der Waals surface area contributed by atoms with Crippen molar-refractivity contribution < 1.29 is 14.2 Å². The highest BCUT2D eigenvalue weighted by Crippen LogP contribution is 2.31. The molecule has 1 aromatic rings. The van der Waals surface area contributed by atoms with Gasteiger partial charge in [0.15, 0.2) is 12.2 Å². The zero-order valence-corrected chi connectivity index (χ0v) is 15.5. The summed E-state index contributed by atoms with van der Waals surface area (Å²) < 4.78 is 13.7. The van der Waals surface area contributed by atoms with Crippen LogP contribution >= 0.6 is 11.6 Å². The van der Waals surface area contributed by atoms with Gasteiger partial charge in [0.2, 0.25) is 11.1 Å². The van der Waals surface area contributed by atoms with Crippen LogP contribution in [-0.4, -0.2) is 47.0 Å². The number of nitrogens with one attached hydrogen (secondary N) is 4. The van der Waals surface area contributed by atoms with Crippen LogP contribution in [0.25, 0.3) is 0 Å². The topological polar surface area (TPSA) is 159 Å². The molecule has 1 aromatic carbocycles. The second kappa shape index (κ2) is 9.75. The Morgan fingerprint density at radius 1 is 1.29 bits per heavy atom. The fourth-order valence-corrected chi connectivity index (χ4v) is 2.42. The molecule has 2 rings (SSSR count). The molecule has 1 unspecified atom stereocenters. The maximum absolute atomic E-state index is 13.7. The average molecular weight is 417 g/mol. The van der Waals surface area contributed by atoms with E-state index in [-0.39, 0.29) is 24.1 Å². The SMILES string of the molecule is CCCN=C1NC(Cl)=NC(NCCNc2cc(F)c([N+](=O)[O-])cc2[N+](=O)[O-])N1. The number of aliphatic imine (C=N–C) groups is 2. The van der Waals surface area contributed by atoms with E-state index in [0.717, 1.165) is 12.5 Å². The Balaban J connectivity index is 1.96. The third-order valence-corrected chi connectivity index (χ3v) is 3.66. The van der Waals surface area contributed by atoms with Gasteiger partial charge in [-0.15, -0.1) is 0 Å². The number of anilines is 1. The average Bonchev–Trinajstić information content (AvgIpc) is 2.62. The molecule has 28 heavy (non-hydrogen) atoms. The second-order valence-corrected chi connectivity index (χ2v) is 5.90. The Morgan fingerprint density at radius 3 is 2.64 bits per heavy atom. The van der Waals surface area contributed by atoms with Crippen LogP contribution in [-0.2, 0) is 0 Å². The van der Waals surface area contributed by atoms with Gasteiger partial charge in [-0.2, -0.15) is 4.39 Å². The molecule has 0 aliphatic carbocycles. The first-order chi connectivity index (χ1) is 13.3. The van der Waals surface area contributed by atoms with Crippen LogP contribution < -0.4 is 21.3 Å². The molecule has 0 spiro atoms. The number of guanidine groups is 1. The van der Waals surface area contributed by atoms with Crippen LogP contribution in [0.3, 0.4) is 0 Å². The molecule has 1 aliphatic rings. The predicted octanol–water partition coefficient (Wildman–Crippen LogP) is 1.48. The molecule has 1 heterocycles. The fourth-order valence-electron chi connectivity index (χ4n) is 2.24. The lowest BCUT2D eigenvalue weighted by molar-refractivity contribution is -0.395. The van der Waals surface area contributed by atoms with Crippen LogP contribution in [0.15, 0.2) is 22.1 Å². The Morgan fingerprint density at radius 2 is 2.00 bits per heavy atom. The third kappa shape index (κ3) is 5.72. The van der Waals surface area contributed by atoms with Crippen molar-refractivity contribution in [2.45, 2.75) is 19.6 Å². The minimum Gasteiger partial charge on any atom is -0.378 e. The van der Waals surface area contributed by atoms with Crippen molar-refractivity contribution in [1.82, 2.24) is 16.0 Å². The van der Waals surface area contributed by atoms with Gasteiger partial charge in [-0.25, -0.2) is 4.99 Å². The van der Waals surface area contributed by atoms with E-state index in [0.29, 0.717) is 18.6 Å². The van der Waals surface area contributed by atoms with E-state index in [9.17, 15) is 24.6 Å². The Kier molecular flexibility index (Phi) is 7.40. The van der Waals surface area contributed by atoms with E-state index in [1.165, 1.54) is 0 Å². The van der Waals surface area contributed by atoms with Crippen LogP contribution in [0.4, 0.5) is 21.5 Å². The van der Waals surface area contributed by atoms with E-state index >= 15 is 0 Å². The van der Waals surface area contributed by atoms with Gasteiger partial charge in [0.1, 0.15) is 5.69 Å². The first kappa shape index (κ1) is 21.2. The van der Waals surface area contributed by atoms with Crippen molar-refractivity contribution in [2.75, 3.05) is 25.0 Å². The first-order valence-corrected chi connectivity index (χ1v) is 8.60. The molecule has 0 fully saturated rings. The van der Waals surface area contributed by atoms with Crippen LogP contribution in [0.2, 0.25) is 0 Å². The number of rotatable bonds is 9. The molecule has 12 nitrogen and oxygen atoms in total. The monoisotopic (exact) mass is 416 g/mol. The largest absolute Gasteiger partial charge is 0.378 e. The Hall–Kier alpha value is -3.06. The number of nitro groups is 2. The van der Waals surface area contributed by atoms with Gasteiger partial charge < -0.3 is 16.0 Å². The molecule has 0 saturated heterocycles. The highest BCUT2D eigenvalue weighted by molar-refractivity contribution is 6.66. The summed E-state index contributed by atoms with van der Waals surface area (Å²) >= 11 is 5.90. The summed E-state index contributed by atoms with van der Waals surface area (Å²) in [5, 5.41) is 33.3. The van der Waals surface area contributed by atoms with E-state index in [4.69, 9.17) is 11.6 Å². The second-order valence-electron chi connectivity index (χ2n) is 5.54. The molecule has 0 bridgehead atoms. The molecule has 152 valence electrons. The maximum Gasteiger partial charge on any atom is 0.311 e. The van der Waals surface area contributed by atoms with Gasteiger partial charge in [-0.3, -0.25) is 30.5 Å². The molecule has 4 N–H and O–H groups in total. The summed E-state index contributed by atoms with van der Waals surface area (Å²) in [6.07, 6.45) is 0.281. The van der Waals surface area contributed by atoms with Gasteiger partial charge in [0, 0.05) is 25.7 Å². The summed E-state index contributed by atoms with van der Waals surface area (Å²) in [4.78, 5) is 28.3. The number of nitrogens with zero attached hydrogens (tertiary/aromatic N) is 4.